The fourth-order valence-corrected chi connectivity index (χ4v) is 6.70. The monoisotopic (exact) mass is 597 g/mol. The van der Waals surface area contributed by atoms with Crippen LogP contribution in [0, 0.1) is 5.82 Å². The van der Waals surface area contributed by atoms with Crippen molar-refractivity contribution in [3.05, 3.63) is 70.0 Å². The lowest BCUT2D eigenvalue weighted by Crippen LogP contribution is -2.25. The second-order valence-electron chi connectivity index (χ2n) is 9.26. The number of hydrogen-bond donors (Lipinski definition) is 2. The number of fused-ring (bicyclic) bond motifs is 1. The zero-order valence-electron chi connectivity index (χ0n) is 21.3. The van der Waals surface area contributed by atoms with Gasteiger partial charge in [-0.15, -0.1) is 0 Å². The number of carbonyl (C=O) groups is 1. The molecular weight excluding hydrogens is 573 g/mol. The van der Waals surface area contributed by atoms with Crippen molar-refractivity contribution in [1.82, 2.24) is 13.5 Å². The number of benzene rings is 3. The second-order valence-corrected chi connectivity index (χ2v) is 13.9. The molecule has 39 heavy (non-hydrogen) atoms. The second kappa shape index (κ2) is 10.1. The molecule has 1 heterocycles. The van der Waals surface area contributed by atoms with Gasteiger partial charge in [-0.05, 0) is 35.4 Å². The van der Waals surface area contributed by atoms with Crippen molar-refractivity contribution in [2.75, 3.05) is 28.2 Å². The first-order valence-corrected chi connectivity index (χ1v) is 14.6. The third kappa shape index (κ3) is 4.85. The van der Waals surface area contributed by atoms with Crippen LogP contribution in [0.1, 0.15) is 21.5 Å². The standard InChI is InChI=1S/C25H25ClFN3O7S2/c1-28(2)38(34,35)16-8-6-15(7-9-16)20-22(31)23(32)21-17(24(20)39(36,37)29(3)4)13-30(25(21)33)12-14-5-10-19(27)18(26)11-14/h5-11,31-32H,12-13H2,1-4H3. The number of rotatable bonds is 7. The van der Waals surface area contributed by atoms with Gasteiger partial charge in [0.2, 0.25) is 20.0 Å². The lowest BCUT2D eigenvalue weighted by Gasteiger charge is -2.21. The van der Waals surface area contributed by atoms with E-state index in [4.69, 9.17) is 11.6 Å². The van der Waals surface area contributed by atoms with Crippen molar-refractivity contribution in [1.29, 1.82) is 0 Å². The Balaban J connectivity index is 1.92. The fourth-order valence-electron chi connectivity index (χ4n) is 4.28. The van der Waals surface area contributed by atoms with E-state index in [9.17, 15) is 36.2 Å². The summed E-state index contributed by atoms with van der Waals surface area (Å²) in [5.74, 6) is -3.05. The molecule has 0 saturated carbocycles. The molecule has 3 aromatic carbocycles. The molecule has 0 atom stereocenters. The number of nitrogens with zero attached hydrogens (tertiary/aromatic N) is 3. The van der Waals surface area contributed by atoms with Gasteiger partial charge in [-0.2, -0.15) is 0 Å². The summed E-state index contributed by atoms with van der Waals surface area (Å²) < 4.78 is 67.6. The largest absolute Gasteiger partial charge is 0.504 e. The highest BCUT2D eigenvalue weighted by Gasteiger charge is 2.41. The fraction of sp³-hybridized carbons (Fsp3) is 0.240. The van der Waals surface area contributed by atoms with E-state index in [2.05, 4.69) is 0 Å². The third-order valence-corrected chi connectivity index (χ3v) is 10.4. The molecule has 1 aliphatic rings. The van der Waals surface area contributed by atoms with E-state index in [1.165, 1.54) is 69.5 Å². The highest BCUT2D eigenvalue weighted by atomic mass is 35.5. The quantitative estimate of drug-likeness (QED) is 0.399. The number of phenolic OH excluding ortho intramolecular Hbond substituents is 2. The Morgan fingerprint density at radius 1 is 0.897 bits per heavy atom. The smallest absolute Gasteiger partial charge is 0.258 e. The van der Waals surface area contributed by atoms with Gasteiger partial charge in [0.05, 0.1) is 20.4 Å². The van der Waals surface area contributed by atoms with Crippen LogP contribution in [0.5, 0.6) is 11.5 Å². The maximum atomic E-state index is 13.6. The summed E-state index contributed by atoms with van der Waals surface area (Å²) >= 11 is 5.86. The van der Waals surface area contributed by atoms with Gasteiger partial charge in [0.15, 0.2) is 11.5 Å². The number of hydrogen-bond acceptors (Lipinski definition) is 7. The molecule has 1 aliphatic heterocycles. The average Bonchev–Trinajstić information content (AvgIpc) is 3.18. The third-order valence-electron chi connectivity index (χ3n) is 6.37. The number of aromatic hydroxyl groups is 2. The molecule has 4 rings (SSSR count). The van der Waals surface area contributed by atoms with Crippen LogP contribution in [0.25, 0.3) is 11.1 Å². The molecule has 0 aromatic heterocycles. The Morgan fingerprint density at radius 3 is 2.00 bits per heavy atom. The van der Waals surface area contributed by atoms with Crippen LogP contribution >= 0.6 is 11.6 Å². The summed E-state index contributed by atoms with van der Waals surface area (Å²) in [7, 11) is -2.84. The van der Waals surface area contributed by atoms with E-state index in [0.717, 1.165) is 14.7 Å². The van der Waals surface area contributed by atoms with Gasteiger partial charge in [-0.25, -0.2) is 29.8 Å². The molecule has 0 spiro atoms. The van der Waals surface area contributed by atoms with Crippen LogP contribution in [0.15, 0.2) is 52.3 Å². The summed E-state index contributed by atoms with van der Waals surface area (Å²) in [6, 6.07) is 8.99. The molecule has 0 unspecified atom stereocenters. The van der Waals surface area contributed by atoms with Crippen LogP contribution in [-0.4, -0.2) is 74.7 Å². The lowest BCUT2D eigenvalue weighted by molar-refractivity contribution is 0.0764. The molecule has 2 N–H and O–H groups in total. The van der Waals surface area contributed by atoms with Crippen molar-refractivity contribution < 1.29 is 36.2 Å². The predicted molar refractivity (Wildman–Crippen MR) is 142 cm³/mol. The summed E-state index contributed by atoms with van der Waals surface area (Å²) in [5.41, 5.74) is -0.150. The Bertz CT molecular complexity index is 1710. The minimum absolute atomic E-state index is 0.0443. The van der Waals surface area contributed by atoms with Crippen LogP contribution in [-0.2, 0) is 33.1 Å². The Kier molecular flexibility index (Phi) is 7.42. The molecule has 208 valence electrons. The average molecular weight is 598 g/mol. The van der Waals surface area contributed by atoms with Gasteiger partial charge in [-0.3, -0.25) is 4.79 Å². The highest BCUT2D eigenvalue weighted by Crippen LogP contribution is 2.49. The van der Waals surface area contributed by atoms with Gasteiger partial charge in [0.1, 0.15) is 5.82 Å². The number of carbonyl (C=O) groups excluding carboxylic acids is 1. The van der Waals surface area contributed by atoms with Crippen molar-refractivity contribution in [2.24, 2.45) is 0 Å². The number of halogens is 2. The summed E-state index contributed by atoms with van der Waals surface area (Å²) in [5, 5.41) is 21.8. The van der Waals surface area contributed by atoms with Crippen molar-refractivity contribution in [2.45, 2.75) is 22.9 Å². The van der Waals surface area contributed by atoms with E-state index in [1.54, 1.807) is 0 Å². The number of phenols is 2. The molecule has 0 radical (unpaired) electrons. The summed E-state index contributed by atoms with van der Waals surface area (Å²) in [6.45, 7) is -0.332. The van der Waals surface area contributed by atoms with Crippen LogP contribution < -0.4 is 0 Å². The van der Waals surface area contributed by atoms with E-state index in [-0.39, 0.29) is 45.3 Å². The molecule has 10 nitrogen and oxygen atoms in total. The predicted octanol–water partition coefficient (Wildman–Crippen LogP) is 3.21. The van der Waals surface area contributed by atoms with Crippen LogP contribution in [0.2, 0.25) is 5.02 Å². The van der Waals surface area contributed by atoms with E-state index >= 15 is 0 Å². The Labute approximate surface area is 230 Å². The van der Waals surface area contributed by atoms with Crippen molar-refractivity contribution in [3.63, 3.8) is 0 Å². The van der Waals surface area contributed by atoms with Gasteiger partial charge in [0, 0.05) is 52.4 Å². The van der Waals surface area contributed by atoms with E-state index in [0.29, 0.717) is 5.56 Å². The normalized spacial score (nSPS) is 13.9. The maximum absolute atomic E-state index is 13.6. The topological polar surface area (TPSA) is 136 Å². The van der Waals surface area contributed by atoms with Gasteiger partial charge < -0.3 is 15.1 Å². The molecular formula is C25H25ClFN3O7S2. The molecule has 3 aromatic rings. The summed E-state index contributed by atoms with van der Waals surface area (Å²) in [6.07, 6.45) is 0. The molecule has 14 heteroatoms. The van der Waals surface area contributed by atoms with Gasteiger partial charge in [0.25, 0.3) is 5.91 Å². The number of amides is 1. The van der Waals surface area contributed by atoms with Crippen LogP contribution in [0.3, 0.4) is 0 Å². The first kappa shape index (κ1) is 28.8. The molecule has 0 bridgehead atoms. The number of sulfonamides is 2. The van der Waals surface area contributed by atoms with E-state index in [1.807, 2.05) is 0 Å². The minimum atomic E-state index is -4.32. The van der Waals surface area contributed by atoms with Gasteiger partial charge in [-0.1, -0.05) is 29.8 Å². The zero-order valence-corrected chi connectivity index (χ0v) is 23.7. The SMILES string of the molecule is CN(C)S(=O)(=O)c1ccc(-c2c(O)c(O)c3c(c2S(=O)(=O)N(C)C)CN(Cc2ccc(F)c(Cl)c2)C3=O)cc1. The Morgan fingerprint density at radius 2 is 1.46 bits per heavy atom. The molecule has 1 amide bonds. The van der Waals surface area contributed by atoms with Crippen LogP contribution in [0.4, 0.5) is 4.39 Å². The first-order chi connectivity index (χ1) is 18.1. The molecule has 0 fully saturated rings. The first-order valence-electron chi connectivity index (χ1n) is 11.4. The lowest BCUT2D eigenvalue weighted by atomic mass is 9.97. The van der Waals surface area contributed by atoms with Gasteiger partial charge >= 0.3 is 0 Å². The molecule has 0 saturated heterocycles. The van der Waals surface area contributed by atoms with Crippen molar-refractivity contribution in [3.8, 4) is 22.6 Å². The zero-order chi connectivity index (χ0) is 29.0. The van der Waals surface area contributed by atoms with E-state index < -0.39 is 48.2 Å². The van der Waals surface area contributed by atoms with Crippen molar-refractivity contribution >= 4 is 37.6 Å². The Hall–Kier alpha value is -3.23. The highest BCUT2D eigenvalue weighted by molar-refractivity contribution is 7.89. The summed E-state index contributed by atoms with van der Waals surface area (Å²) in [4.78, 5) is 14.1. The minimum Gasteiger partial charge on any atom is -0.504 e. The molecule has 0 aliphatic carbocycles. The maximum Gasteiger partial charge on any atom is 0.258 e.